The minimum Gasteiger partial charge on any atom is -0.466 e. The van der Waals surface area contributed by atoms with Gasteiger partial charge in [-0.25, -0.2) is 0 Å². The van der Waals surface area contributed by atoms with Crippen LogP contribution >= 0.6 is 0 Å². The first-order valence-electron chi connectivity index (χ1n) is 32.3. The van der Waals surface area contributed by atoms with Crippen LogP contribution in [0.3, 0.4) is 0 Å². The summed E-state index contributed by atoms with van der Waals surface area (Å²) in [5.41, 5.74) is 0. The van der Waals surface area contributed by atoms with Gasteiger partial charge >= 0.3 is 5.97 Å². The Kier molecular flexibility index (Phi) is 60.0. The Balaban J connectivity index is 3.38. The van der Waals surface area contributed by atoms with Crippen molar-refractivity contribution in [2.75, 3.05) is 13.2 Å². The topological polar surface area (TPSA) is 95.9 Å². The molecule has 0 aromatic heterocycles. The molecule has 72 heavy (non-hydrogen) atoms. The number of esters is 1. The molecule has 6 nitrogen and oxygen atoms in total. The number of hydrogen-bond donors (Lipinski definition) is 3. The number of hydrogen-bond acceptors (Lipinski definition) is 5. The average Bonchev–Trinajstić information content (AvgIpc) is 3.38. The van der Waals surface area contributed by atoms with Crippen LogP contribution in [-0.4, -0.2) is 47.4 Å². The quantitative estimate of drug-likeness (QED) is 0.0320. The van der Waals surface area contributed by atoms with Gasteiger partial charge < -0.3 is 20.3 Å². The highest BCUT2D eigenvalue weighted by atomic mass is 16.5. The Morgan fingerprint density at radius 2 is 0.653 bits per heavy atom. The molecule has 0 bridgehead atoms. The van der Waals surface area contributed by atoms with Crippen LogP contribution in [0.15, 0.2) is 36.5 Å². The largest absolute Gasteiger partial charge is 0.466 e. The van der Waals surface area contributed by atoms with Gasteiger partial charge in [0.05, 0.1) is 25.4 Å². The highest BCUT2D eigenvalue weighted by Gasteiger charge is 2.18. The third-order valence-electron chi connectivity index (χ3n) is 14.9. The van der Waals surface area contributed by atoms with Gasteiger partial charge in [-0.3, -0.25) is 9.59 Å². The first-order valence-corrected chi connectivity index (χ1v) is 32.3. The Bertz CT molecular complexity index is 1170. The van der Waals surface area contributed by atoms with Crippen LogP contribution in [0.25, 0.3) is 0 Å². The number of aliphatic hydroxyl groups excluding tert-OH is 2. The summed E-state index contributed by atoms with van der Waals surface area (Å²) in [5, 5.41) is 23.0. The lowest BCUT2D eigenvalue weighted by Crippen LogP contribution is -2.45. The summed E-state index contributed by atoms with van der Waals surface area (Å²) in [5.74, 6) is -0.0591. The van der Waals surface area contributed by atoms with Crippen molar-refractivity contribution in [3.05, 3.63) is 36.5 Å². The SMILES string of the molecule is CCCCCCCC/C=C\CCCCCCCCCCCC(=O)OCCCCCCCCCCCCCC/C=C\CCCCCCCCCCCC(=O)NC(CO)C(O)/C=C/CCCCCCCCCCC. The van der Waals surface area contributed by atoms with E-state index in [9.17, 15) is 19.8 Å². The highest BCUT2D eigenvalue weighted by molar-refractivity contribution is 5.76. The van der Waals surface area contributed by atoms with E-state index in [2.05, 4.69) is 43.5 Å². The van der Waals surface area contributed by atoms with E-state index < -0.39 is 12.1 Å². The van der Waals surface area contributed by atoms with Crippen molar-refractivity contribution in [3.63, 3.8) is 0 Å². The standard InChI is InChI=1S/C66H125NO5/c1-3-5-7-9-11-13-15-16-17-18-26-30-33-36-40-44-48-52-56-60-66(71)72-61-57-53-49-45-41-37-34-31-28-25-23-21-19-20-22-24-27-29-32-35-39-43-47-51-55-59-65(70)67-63(62-68)64(69)58-54-50-46-42-38-14-12-10-8-6-4-2/h16-17,20,22,54,58,63-64,68-69H,3-15,18-19,21,23-53,55-57,59-62H2,1-2H3,(H,67,70)/b17-16-,22-20-,58-54+. The second kappa shape index (κ2) is 61.6. The number of allylic oxidation sites excluding steroid dienone is 5. The summed E-state index contributed by atoms with van der Waals surface area (Å²) in [7, 11) is 0. The van der Waals surface area contributed by atoms with Crippen LogP contribution in [0, 0.1) is 0 Å². The Hall–Kier alpha value is -1.92. The molecule has 3 N–H and O–H groups in total. The molecule has 0 saturated heterocycles. The summed E-state index contributed by atoms with van der Waals surface area (Å²) < 4.78 is 5.50. The van der Waals surface area contributed by atoms with Crippen molar-refractivity contribution in [2.24, 2.45) is 0 Å². The fourth-order valence-electron chi connectivity index (χ4n) is 9.92. The maximum atomic E-state index is 12.4. The summed E-state index contributed by atoms with van der Waals surface area (Å²) in [6.07, 6.45) is 77.7. The normalized spacial score (nSPS) is 12.8. The van der Waals surface area contributed by atoms with Crippen LogP contribution in [0.4, 0.5) is 0 Å². The van der Waals surface area contributed by atoms with E-state index in [0.29, 0.717) is 19.4 Å². The molecule has 2 atom stereocenters. The first-order chi connectivity index (χ1) is 35.5. The zero-order chi connectivity index (χ0) is 52.2. The van der Waals surface area contributed by atoms with Crippen LogP contribution in [0.2, 0.25) is 0 Å². The number of ether oxygens (including phenoxy) is 1. The number of carbonyl (C=O) groups excluding carboxylic acids is 2. The molecule has 2 unspecified atom stereocenters. The van der Waals surface area contributed by atoms with Crippen LogP contribution in [0.5, 0.6) is 0 Å². The van der Waals surface area contributed by atoms with Crippen molar-refractivity contribution in [2.45, 2.75) is 360 Å². The lowest BCUT2D eigenvalue weighted by molar-refractivity contribution is -0.143. The molecule has 0 fully saturated rings. The molecular formula is C66H125NO5. The van der Waals surface area contributed by atoms with Gasteiger partial charge in [0.2, 0.25) is 5.91 Å². The van der Waals surface area contributed by atoms with E-state index in [1.807, 2.05) is 6.08 Å². The third-order valence-corrected chi connectivity index (χ3v) is 14.9. The van der Waals surface area contributed by atoms with E-state index in [0.717, 1.165) is 44.9 Å². The lowest BCUT2D eigenvalue weighted by Gasteiger charge is -2.20. The number of aliphatic hydroxyl groups is 2. The predicted molar refractivity (Wildman–Crippen MR) is 315 cm³/mol. The summed E-state index contributed by atoms with van der Waals surface area (Å²) in [4.78, 5) is 24.5. The van der Waals surface area contributed by atoms with Crippen LogP contribution < -0.4 is 5.32 Å². The molecule has 0 radical (unpaired) electrons. The summed E-state index contributed by atoms with van der Waals surface area (Å²) in [6, 6.07) is -0.629. The zero-order valence-corrected chi connectivity index (χ0v) is 48.4. The molecular weight excluding hydrogens is 887 g/mol. The van der Waals surface area contributed by atoms with E-state index in [1.165, 1.54) is 276 Å². The third kappa shape index (κ3) is 57.4. The molecule has 1 amide bonds. The maximum Gasteiger partial charge on any atom is 0.305 e. The monoisotopic (exact) mass is 1010 g/mol. The van der Waals surface area contributed by atoms with Crippen LogP contribution in [-0.2, 0) is 14.3 Å². The van der Waals surface area contributed by atoms with Crippen molar-refractivity contribution in [1.29, 1.82) is 0 Å². The predicted octanol–water partition coefficient (Wildman–Crippen LogP) is 20.4. The average molecular weight is 1010 g/mol. The van der Waals surface area contributed by atoms with Crippen molar-refractivity contribution >= 4 is 11.9 Å². The molecule has 0 aliphatic carbocycles. The molecule has 0 spiro atoms. The fourth-order valence-corrected chi connectivity index (χ4v) is 9.92. The minimum absolute atomic E-state index is 0.0126. The number of unbranched alkanes of at least 4 members (excludes halogenated alkanes) is 45. The van der Waals surface area contributed by atoms with E-state index in [4.69, 9.17) is 4.74 Å². The van der Waals surface area contributed by atoms with E-state index in [1.54, 1.807) is 6.08 Å². The Morgan fingerprint density at radius 3 is 0.986 bits per heavy atom. The number of carbonyl (C=O) groups is 2. The molecule has 0 aromatic carbocycles. The van der Waals surface area contributed by atoms with Gasteiger partial charge in [0.15, 0.2) is 0 Å². The van der Waals surface area contributed by atoms with Crippen molar-refractivity contribution < 1.29 is 24.5 Å². The van der Waals surface area contributed by atoms with Gasteiger partial charge in [0.1, 0.15) is 0 Å². The van der Waals surface area contributed by atoms with E-state index >= 15 is 0 Å². The van der Waals surface area contributed by atoms with Gasteiger partial charge in [-0.1, -0.05) is 288 Å². The van der Waals surface area contributed by atoms with Crippen molar-refractivity contribution in [1.82, 2.24) is 5.32 Å². The highest BCUT2D eigenvalue weighted by Crippen LogP contribution is 2.17. The molecule has 0 aliphatic heterocycles. The second-order valence-electron chi connectivity index (χ2n) is 22.1. The molecule has 0 aliphatic rings. The maximum absolute atomic E-state index is 12.4. The fraction of sp³-hybridized carbons (Fsp3) is 0.879. The van der Waals surface area contributed by atoms with Gasteiger partial charge in [-0.05, 0) is 83.5 Å². The number of rotatable bonds is 60. The molecule has 0 saturated carbocycles. The van der Waals surface area contributed by atoms with Crippen molar-refractivity contribution in [3.8, 4) is 0 Å². The molecule has 6 heteroatoms. The first kappa shape index (κ1) is 70.1. The second-order valence-corrected chi connectivity index (χ2v) is 22.1. The van der Waals surface area contributed by atoms with Gasteiger partial charge in [-0.15, -0.1) is 0 Å². The number of amides is 1. The molecule has 424 valence electrons. The van der Waals surface area contributed by atoms with Gasteiger partial charge in [0, 0.05) is 12.8 Å². The minimum atomic E-state index is -0.845. The van der Waals surface area contributed by atoms with Crippen LogP contribution in [0.1, 0.15) is 348 Å². The zero-order valence-electron chi connectivity index (χ0n) is 48.4. The smallest absolute Gasteiger partial charge is 0.305 e. The Morgan fingerprint density at radius 1 is 0.375 bits per heavy atom. The Labute approximate surface area is 449 Å². The molecule has 0 aromatic rings. The molecule has 0 heterocycles. The van der Waals surface area contributed by atoms with E-state index in [-0.39, 0.29) is 18.5 Å². The number of nitrogens with one attached hydrogen (secondary N) is 1. The van der Waals surface area contributed by atoms with Gasteiger partial charge in [0.25, 0.3) is 0 Å². The van der Waals surface area contributed by atoms with Gasteiger partial charge in [-0.2, -0.15) is 0 Å². The summed E-state index contributed by atoms with van der Waals surface area (Å²) in [6.45, 7) is 4.90. The molecule has 0 rings (SSSR count). The lowest BCUT2D eigenvalue weighted by atomic mass is 10.0. The summed E-state index contributed by atoms with van der Waals surface area (Å²) >= 11 is 0.